The summed E-state index contributed by atoms with van der Waals surface area (Å²) in [6.07, 6.45) is 4.84. The summed E-state index contributed by atoms with van der Waals surface area (Å²) in [7, 11) is 0. The van der Waals surface area contributed by atoms with Crippen molar-refractivity contribution in [2.45, 2.75) is 39.3 Å². The zero-order valence-corrected chi connectivity index (χ0v) is 11.0. The van der Waals surface area contributed by atoms with Gasteiger partial charge in [0.2, 0.25) is 0 Å². The Labute approximate surface area is 108 Å². The summed E-state index contributed by atoms with van der Waals surface area (Å²) in [5.41, 5.74) is 3.52. The molecule has 0 radical (unpaired) electrons. The predicted octanol–water partition coefficient (Wildman–Crippen LogP) is 2.36. The summed E-state index contributed by atoms with van der Waals surface area (Å²) in [6.45, 7) is 4.99. The average molecular weight is 244 g/mol. The van der Waals surface area contributed by atoms with E-state index in [-0.39, 0.29) is 6.10 Å². The average Bonchev–Trinajstić information content (AvgIpc) is 2.79. The van der Waals surface area contributed by atoms with Crippen LogP contribution in [0.4, 0.5) is 0 Å². The van der Waals surface area contributed by atoms with Gasteiger partial charge in [0.25, 0.3) is 0 Å². The summed E-state index contributed by atoms with van der Waals surface area (Å²) < 4.78 is 1.88. The molecule has 2 rings (SSSR count). The highest BCUT2D eigenvalue weighted by Gasteiger charge is 2.08. The lowest BCUT2D eigenvalue weighted by molar-refractivity contribution is 0.175. The van der Waals surface area contributed by atoms with Gasteiger partial charge in [0.1, 0.15) is 0 Å². The molecule has 0 bridgehead atoms. The molecule has 3 nitrogen and oxygen atoms in total. The Morgan fingerprint density at radius 1 is 1.17 bits per heavy atom. The Hall–Kier alpha value is -1.61. The molecule has 0 saturated carbocycles. The normalized spacial score (nSPS) is 12.6. The highest BCUT2D eigenvalue weighted by molar-refractivity contribution is 5.22. The molecule has 0 aliphatic heterocycles. The van der Waals surface area contributed by atoms with Crippen LogP contribution in [0.1, 0.15) is 23.6 Å². The standard InChI is InChI=1S/C15H20N2O/c1-3-17-11-14(10-16-17)9-15(18)8-13-6-4-12(2)5-7-13/h4-7,10-11,15,18H,3,8-9H2,1-2H3. The zero-order chi connectivity index (χ0) is 13.0. The first-order valence-corrected chi connectivity index (χ1v) is 6.42. The van der Waals surface area contributed by atoms with Crippen molar-refractivity contribution in [2.75, 3.05) is 0 Å². The van der Waals surface area contributed by atoms with Crippen LogP contribution in [0.15, 0.2) is 36.7 Å². The fourth-order valence-electron chi connectivity index (χ4n) is 2.03. The van der Waals surface area contributed by atoms with Gasteiger partial charge in [0.15, 0.2) is 0 Å². The SMILES string of the molecule is CCn1cc(CC(O)Cc2ccc(C)cc2)cn1. The first kappa shape index (κ1) is 12.8. The van der Waals surface area contributed by atoms with E-state index in [1.54, 1.807) is 0 Å². The number of rotatable bonds is 5. The van der Waals surface area contributed by atoms with Crippen molar-refractivity contribution < 1.29 is 5.11 Å². The topological polar surface area (TPSA) is 38.0 Å². The van der Waals surface area contributed by atoms with Crippen LogP contribution in [0.5, 0.6) is 0 Å². The van der Waals surface area contributed by atoms with E-state index < -0.39 is 0 Å². The Morgan fingerprint density at radius 2 is 1.83 bits per heavy atom. The highest BCUT2D eigenvalue weighted by atomic mass is 16.3. The van der Waals surface area contributed by atoms with Crippen LogP contribution in [0.25, 0.3) is 0 Å². The second kappa shape index (κ2) is 5.83. The van der Waals surface area contributed by atoms with Gasteiger partial charge in [-0.25, -0.2) is 0 Å². The smallest absolute Gasteiger partial charge is 0.0622 e. The molecule has 1 atom stereocenters. The Balaban J connectivity index is 1.91. The first-order valence-electron chi connectivity index (χ1n) is 6.42. The van der Waals surface area contributed by atoms with Crippen molar-refractivity contribution in [1.29, 1.82) is 0 Å². The zero-order valence-electron chi connectivity index (χ0n) is 11.0. The number of aliphatic hydroxyl groups excluding tert-OH is 1. The maximum atomic E-state index is 10.1. The molecule has 0 spiro atoms. The van der Waals surface area contributed by atoms with Crippen LogP contribution in [0, 0.1) is 6.92 Å². The molecule has 0 aliphatic rings. The van der Waals surface area contributed by atoms with Crippen molar-refractivity contribution in [2.24, 2.45) is 0 Å². The molecule has 1 aromatic carbocycles. The lowest BCUT2D eigenvalue weighted by Gasteiger charge is -2.09. The van der Waals surface area contributed by atoms with Crippen molar-refractivity contribution >= 4 is 0 Å². The molecular formula is C15H20N2O. The molecule has 1 aromatic heterocycles. The van der Waals surface area contributed by atoms with E-state index in [0.717, 1.165) is 12.1 Å². The first-order chi connectivity index (χ1) is 8.67. The molecule has 0 aliphatic carbocycles. The molecule has 0 fully saturated rings. The summed E-state index contributed by atoms with van der Waals surface area (Å²) in [5, 5.41) is 14.3. The maximum Gasteiger partial charge on any atom is 0.0622 e. The highest BCUT2D eigenvalue weighted by Crippen LogP contribution is 2.10. The second-order valence-corrected chi connectivity index (χ2v) is 4.75. The van der Waals surface area contributed by atoms with Gasteiger partial charge in [-0.1, -0.05) is 29.8 Å². The molecule has 18 heavy (non-hydrogen) atoms. The fraction of sp³-hybridized carbons (Fsp3) is 0.400. The van der Waals surface area contributed by atoms with Crippen LogP contribution in [0.3, 0.4) is 0 Å². The lowest BCUT2D eigenvalue weighted by atomic mass is 10.0. The van der Waals surface area contributed by atoms with Gasteiger partial charge in [0, 0.05) is 19.2 Å². The monoisotopic (exact) mass is 244 g/mol. The molecule has 1 N–H and O–H groups in total. The van der Waals surface area contributed by atoms with E-state index >= 15 is 0 Å². The third-order valence-electron chi connectivity index (χ3n) is 3.07. The van der Waals surface area contributed by atoms with Crippen molar-refractivity contribution in [3.8, 4) is 0 Å². The minimum absolute atomic E-state index is 0.345. The summed E-state index contributed by atoms with van der Waals surface area (Å²) in [6, 6.07) is 8.32. The van der Waals surface area contributed by atoms with E-state index in [0.29, 0.717) is 12.8 Å². The number of hydrogen-bond donors (Lipinski definition) is 1. The van der Waals surface area contributed by atoms with Gasteiger partial charge in [-0.2, -0.15) is 5.10 Å². The molecule has 0 saturated heterocycles. The van der Waals surface area contributed by atoms with Crippen molar-refractivity contribution in [3.63, 3.8) is 0 Å². The molecular weight excluding hydrogens is 224 g/mol. The summed E-state index contributed by atoms with van der Waals surface area (Å²) in [4.78, 5) is 0. The van der Waals surface area contributed by atoms with Gasteiger partial charge in [-0.05, 0) is 31.4 Å². The van der Waals surface area contributed by atoms with Crippen molar-refractivity contribution in [1.82, 2.24) is 9.78 Å². The van der Waals surface area contributed by atoms with E-state index in [2.05, 4.69) is 43.2 Å². The van der Waals surface area contributed by atoms with Crippen LogP contribution in [0.2, 0.25) is 0 Å². The minimum atomic E-state index is -0.345. The molecule has 3 heteroatoms. The third-order valence-corrected chi connectivity index (χ3v) is 3.07. The van der Waals surface area contributed by atoms with E-state index in [9.17, 15) is 5.11 Å². The fourth-order valence-corrected chi connectivity index (χ4v) is 2.03. The van der Waals surface area contributed by atoms with Gasteiger partial charge in [-0.3, -0.25) is 4.68 Å². The van der Waals surface area contributed by atoms with Gasteiger partial charge in [0.05, 0.1) is 12.3 Å². The lowest BCUT2D eigenvalue weighted by Crippen LogP contribution is -2.13. The molecule has 1 unspecified atom stereocenters. The number of nitrogens with zero attached hydrogens (tertiary/aromatic N) is 2. The Morgan fingerprint density at radius 3 is 2.44 bits per heavy atom. The Kier molecular flexibility index (Phi) is 4.15. The summed E-state index contributed by atoms with van der Waals surface area (Å²) >= 11 is 0. The molecule has 2 aromatic rings. The number of hydrogen-bond acceptors (Lipinski definition) is 2. The largest absolute Gasteiger partial charge is 0.392 e. The van der Waals surface area contributed by atoms with Crippen LogP contribution in [-0.2, 0) is 19.4 Å². The van der Waals surface area contributed by atoms with Gasteiger partial charge < -0.3 is 5.11 Å². The second-order valence-electron chi connectivity index (χ2n) is 4.75. The number of aromatic nitrogens is 2. The van der Waals surface area contributed by atoms with Gasteiger partial charge >= 0.3 is 0 Å². The maximum absolute atomic E-state index is 10.1. The number of aliphatic hydroxyl groups is 1. The Bertz CT molecular complexity index is 487. The molecule has 96 valence electrons. The third kappa shape index (κ3) is 3.44. The number of aryl methyl sites for hydroxylation is 2. The molecule has 1 heterocycles. The summed E-state index contributed by atoms with van der Waals surface area (Å²) in [5.74, 6) is 0. The predicted molar refractivity (Wildman–Crippen MR) is 72.5 cm³/mol. The van der Waals surface area contributed by atoms with Crippen LogP contribution in [-0.4, -0.2) is 21.0 Å². The van der Waals surface area contributed by atoms with Gasteiger partial charge in [-0.15, -0.1) is 0 Å². The minimum Gasteiger partial charge on any atom is -0.392 e. The van der Waals surface area contributed by atoms with E-state index in [1.807, 2.05) is 17.1 Å². The van der Waals surface area contributed by atoms with Crippen molar-refractivity contribution in [3.05, 3.63) is 53.3 Å². The number of benzene rings is 1. The van der Waals surface area contributed by atoms with Crippen LogP contribution >= 0.6 is 0 Å². The van der Waals surface area contributed by atoms with E-state index in [1.165, 1.54) is 11.1 Å². The molecule has 0 amide bonds. The quantitative estimate of drug-likeness (QED) is 0.876. The van der Waals surface area contributed by atoms with E-state index in [4.69, 9.17) is 0 Å². The van der Waals surface area contributed by atoms with Crippen LogP contribution < -0.4 is 0 Å².